The van der Waals surface area contributed by atoms with Crippen molar-refractivity contribution in [3.8, 4) is 0 Å². The number of aliphatic hydroxyl groups is 1. The number of rotatable bonds is 8. The molecule has 5 heteroatoms. The first-order valence-corrected chi connectivity index (χ1v) is 8.08. The molecule has 3 N–H and O–H groups in total. The van der Waals surface area contributed by atoms with Crippen molar-refractivity contribution < 1.29 is 9.90 Å². The summed E-state index contributed by atoms with van der Waals surface area (Å²) in [6.07, 6.45) is 5.28. The monoisotopic (exact) mass is 285 g/mol. The lowest BCUT2D eigenvalue weighted by Gasteiger charge is -2.30. The third-order valence-electron chi connectivity index (χ3n) is 4.29. The Labute approximate surface area is 123 Å². The fraction of sp³-hybridized carbons (Fsp3) is 0.933. The molecule has 2 unspecified atom stereocenters. The van der Waals surface area contributed by atoms with Gasteiger partial charge in [0.25, 0.3) is 0 Å². The van der Waals surface area contributed by atoms with Crippen LogP contribution in [-0.2, 0) is 0 Å². The van der Waals surface area contributed by atoms with Crippen molar-refractivity contribution in [3.63, 3.8) is 0 Å². The van der Waals surface area contributed by atoms with E-state index in [1.54, 1.807) is 0 Å². The minimum atomic E-state index is -0.0881. The number of nitrogens with one attached hydrogen (secondary N) is 2. The summed E-state index contributed by atoms with van der Waals surface area (Å²) >= 11 is 0. The maximum atomic E-state index is 11.8. The van der Waals surface area contributed by atoms with Crippen LogP contribution in [0.2, 0.25) is 0 Å². The van der Waals surface area contributed by atoms with Crippen molar-refractivity contribution in [1.29, 1.82) is 0 Å². The molecular formula is C15H31N3O2. The molecule has 0 saturated heterocycles. The zero-order chi connectivity index (χ0) is 14.8. The molecule has 1 aliphatic carbocycles. The van der Waals surface area contributed by atoms with Gasteiger partial charge >= 0.3 is 6.03 Å². The summed E-state index contributed by atoms with van der Waals surface area (Å²) in [5, 5.41) is 15.3. The second-order valence-electron chi connectivity index (χ2n) is 5.61. The summed E-state index contributed by atoms with van der Waals surface area (Å²) in [5.41, 5.74) is 0. The predicted octanol–water partition coefficient (Wildman–Crippen LogP) is 1.57. The lowest BCUT2D eigenvalue weighted by Crippen LogP contribution is -2.48. The Kier molecular flexibility index (Phi) is 8.62. The third-order valence-corrected chi connectivity index (χ3v) is 4.29. The quantitative estimate of drug-likeness (QED) is 0.593. The Morgan fingerprint density at radius 3 is 2.60 bits per heavy atom. The highest BCUT2D eigenvalue weighted by Gasteiger charge is 2.25. The van der Waals surface area contributed by atoms with Crippen LogP contribution < -0.4 is 10.6 Å². The zero-order valence-corrected chi connectivity index (χ0v) is 13.0. The number of carbonyl (C=O) groups is 1. The van der Waals surface area contributed by atoms with Crippen molar-refractivity contribution in [1.82, 2.24) is 15.5 Å². The number of hydrogen-bond acceptors (Lipinski definition) is 3. The molecule has 1 saturated carbocycles. The van der Waals surface area contributed by atoms with Gasteiger partial charge in [-0.25, -0.2) is 4.79 Å². The summed E-state index contributed by atoms with van der Waals surface area (Å²) < 4.78 is 0. The van der Waals surface area contributed by atoms with Gasteiger partial charge in [-0.05, 0) is 38.9 Å². The van der Waals surface area contributed by atoms with E-state index in [2.05, 4.69) is 29.4 Å². The van der Waals surface area contributed by atoms with Crippen LogP contribution in [0.25, 0.3) is 0 Å². The van der Waals surface area contributed by atoms with Gasteiger partial charge in [0.1, 0.15) is 0 Å². The summed E-state index contributed by atoms with van der Waals surface area (Å²) in [7, 11) is 0. The zero-order valence-electron chi connectivity index (χ0n) is 13.0. The van der Waals surface area contributed by atoms with E-state index in [1.165, 1.54) is 0 Å². The molecule has 0 aliphatic heterocycles. The number of hydrogen-bond donors (Lipinski definition) is 3. The second kappa shape index (κ2) is 10.00. The summed E-state index contributed by atoms with van der Waals surface area (Å²) in [6.45, 7) is 8.33. The molecule has 0 aromatic rings. The maximum Gasteiger partial charge on any atom is 0.315 e. The van der Waals surface area contributed by atoms with E-state index >= 15 is 0 Å². The Morgan fingerprint density at radius 1 is 1.25 bits per heavy atom. The summed E-state index contributed by atoms with van der Waals surface area (Å²) in [4.78, 5) is 14.2. The highest BCUT2D eigenvalue weighted by atomic mass is 16.3. The van der Waals surface area contributed by atoms with E-state index in [1.807, 2.05) is 0 Å². The molecular weight excluding hydrogens is 254 g/mol. The van der Waals surface area contributed by atoms with Gasteiger partial charge in [0, 0.05) is 25.1 Å². The largest absolute Gasteiger partial charge is 0.396 e. The van der Waals surface area contributed by atoms with Crippen molar-refractivity contribution in [3.05, 3.63) is 0 Å². The highest BCUT2D eigenvalue weighted by Crippen LogP contribution is 2.23. The van der Waals surface area contributed by atoms with E-state index < -0.39 is 0 Å². The molecule has 118 valence electrons. The van der Waals surface area contributed by atoms with Gasteiger partial charge in [0.2, 0.25) is 0 Å². The van der Waals surface area contributed by atoms with Gasteiger partial charge in [-0.2, -0.15) is 0 Å². The van der Waals surface area contributed by atoms with Crippen LogP contribution in [-0.4, -0.2) is 54.9 Å². The lowest BCUT2D eigenvalue weighted by molar-refractivity contribution is 0.153. The lowest BCUT2D eigenvalue weighted by atomic mass is 9.85. The van der Waals surface area contributed by atoms with Crippen LogP contribution in [0, 0.1) is 5.92 Å². The first kappa shape index (κ1) is 17.2. The van der Waals surface area contributed by atoms with Crippen LogP contribution >= 0.6 is 0 Å². The molecule has 0 aromatic carbocycles. The number of amides is 2. The second-order valence-corrected chi connectivity index (χ2v) is 5.61. The highest BCUT2D eigenvalue weighted by molar-refractivity contribution is 5.74. The van der Waals surface area contributed by atoms with Crippen molar-refractivity contribution in [2.45, 2.75) is 52.0 Å². The average molecular weight is 285 g/mol. The van der Waals surface area contributed by atoms with Crippen LogP contribution in [0.3, 0.4) is 0 Å². The van der Waals surface area contributed by atoms with Gasteiger partial charge < -0.3 is 20.6 Å². The molecule has 20 heavy (non-hydrogen) atoms. The first-order chi connectivity index (χ1) is 9.71. The Hall–Kier alpha value is -0.810. The molecule has 0 spiro atoms. The fourth-order valence-electron chi connectivity index (χ4n) is 2.88. The standard InChI is InChI=1S/C15H31N3O2/c1-3-18(4-2)11-7-10-16-15(20)17-14-9-6-5-8-13(14)12-19/h13-14,19H,3-12H2,1-2H3,(H2,16,17,20). The van der Waals surface area contributed by atoms with E-state index in [-0.39, 0.29) is 24.6 Å². The fourth-order valence-corrected chi connectivity index (χ4v) is 2.88. The summed E-state index contributed by atoms with van der Waals surface area (Å²) in [6, 6.07) is 0.0476. The molecule has 1 aliphatic rings. The SMILES string of the molecule is CCN(CC)CCCNC(=O)NC1CCCCC1CO. The van der Waals surface area contributed by atoms with Crippen molar-refractivity contribution in [2.24, 2.45) is 5.92 Å². The molecule has 5 nitrogen and oxygen atoms in total. The van der Waals surface area contributed by atoms with E-state index in [4.69, 9.17) is 0 Å². The third kappa shape index (κ3) is 6.09. The van der Waals surface area contributed by atoms with Gasteiger partial charge in [0.15, 0.2) is 0 Å². The Morgan fingerprint density at radius 2 is 1.95 bits per heavy atom. The Balaban J connectivity index is 2.16. The molecule has 2 amide bonds. The van der Waals surface area contributed by atoms with Crippen LogP contribution in [0.5, 0.6) is 0 Å². The number of aliphatic hydroxyl groups excluding tert-OH is 1. The summed E-state index contributed by atoms with van der Waals surface area (Å²) in [5.74, 6) is 0.227. The first-order valence-electron chi connectivity index (χ1n) is 8.08. The van der Waals surface area contributed by atoms with Gasteiger partial charge in [-0.3, -0.25) is 0 Å². The normalized spacial score (nSPS) is 22.8. The topological polar surface area (TPSA) is 64.6 Å². The minimum Gasteiger partial charge on any atom is -0.396 e. The van der Waals surface area contributed by atoms with Crippen LogP contribution in [0.1, 0.15) is 46.0 Å². The van der Waals surface area contributed by atoms with Crippen LogP contribution in [0.15, 0.2) is 0 Å². The molecule has 0 radical (unpaired) electrons. The minimum absolute atomic E-state index is 0.0881. The van der Waals surface area contributed by atoms with Gasteiger partial charge in [0.05, 0.1) is 0 Å². The van der Waals surface area contributed by atoms with E-state index in [0.29, 0.717) is 6.54 Å². The smallest absolute Gasteiger partial charge is 0.315 e. The molecule has 1 fully saturated rings. The Bertz CT molecular complexity index is 270. The molecule has 1 rings (SSSR count). The van der Waals surface area contributed by atoms with Crippen molar-refractivity contribution >= 4 is 6.03 Å². The molecule has 0 aromatic heterocycles. The number of carbonyl (C=O) groups excluding carboxylic acids is 1. The number of nitrogens with zero attached hydrogens (tertiary/aromatic N) is 1. The van der Waals surface area contributed by atoms with Gasteiger partial charge in [-0.15, -0.1) is 0 Å². The molecule has 0 bridgehead atoms. The van der Waals surface area contributed by atoms with E-state index in [0.717, 1.165) is 51.7 Å². The maximum absolute atomic E-state index is 11.8. The van der Waals surface area contributed by atoms with Crippen LogP contribution in [0.4, 0.5) is 4.79 Å². The predicted molar refractivity (Wildman–Crippen MR) is 81.8 cm³/mol. The van der Waals surface area contributed by atoms with Crippen molar-refractivity contribution in [2.75, 3.05) is 32.8 Å². The number of urea groups is 1. The molecule has 2 atom stereocenters. The molecule has 0 heterocycles. The average Bonchev–Trinajstić information content (AvgIpc) is 2.48. The van der Waals surface area contributed by atoms with E-state index in [9.17, 15) is 9.90 Å². The van der Waals surface area contributed by atoms with Gasteiger partial charge in [-0.1, -0.05) is 26.7 Å².